The molecule has 6 heteroatoms. The maximum Gasteiger partial charge on any atom is 0.323 e. The summed E-state index contributed by atoms with van der Waals surface area (Å²) in [6.07, 6.45) is 1.67. The molecule has 1 aliphatic rings. The molecular weight excluding hydrogens is 280 g/mol. The quantitative estimate of drug-likeness (QED) is 0.546. The van der Waals surface area contributed by atoms with Crippen molar-refractivity contribution in [1.29, 1.82) is 0 Å². The number of rotatable bonds is 2. The first-order valence-electron chi connectivity index (χ1n) is 6.80. The van der Waals surface area contributed by atoms with E-state index in [0.29, 0.717) is 11.1 Å². The fraction of sp³-hybridized carbons (Fsp3) is 0. The van der Waals surface area contributed by atoms with Gasteiger partial charge >= 0.3 is 5.69 Å². The largest absolute Gasteiger partial charge is 0.361 e. The van der Waals surface area contributed by atoms with Gasteiger partial charge < -0.3 is 20.6 Å². The summed E-state index contributed by atoms with van der Waals surface area (Å²) < 4.78 is 0. The van der Waals surface area contributed by atoms with Crippen molar-refractivity contribution in [2.45, 2.75) is 0 Å². The Morgan fingerprint density at radius 3 is 2.68 bits per heavy atom. The van der Waals surface area contributed by atoms with Crippen LogP contribution < -0.4 is 16.3 Å². The van der Waals surface area contributed by atoms with E-state index in [0.717, 1.165) is 22.5 Å². The Morgan fingerprint density at radius 2 is 1.77 bits per heavy atom. The van der Waals surface area contributed by atoms with Crippen LogP contribution in [0.3, 0.4) is 0 Å². The highest BCUT2D eigenvalue weighted by molar-refractivity contribution is 6.31. The number of H-pyrrole nitrogens is 2. The average Bonchev–Trinajstić information content (AvgIpc) is 3.03. The number of aromatic nitrogens is 2. The summed E-state index contributed by atoms with van der Waals surface area (Å²) in [5, 5.41) is 5.92. The van der Waals surface area contributed by atoms with Gasteiger partial charge in [-0.25, -0.2) is 4.79 Å². The number of aromatic amines is 2. The number of hydrogen-bond donors (Lipinski definition) is 4. The molecule has 22 heavy (non-hydrogen) atoms. The number of para-hydroxylation sites is 1. The van der Waals surface area contributed by atoms with Crippen molar-refractivity contribution in [1.82, 2.24) is 9.97 Å². The first-order chi connectivity index (χ1) is 10.7. The van der Waals surface area contributed by atoms with Crippen LogP contribution in [0.15, 0.2) is 53.5 Å². The minimum Gasteiger partial charge on any atom is -0.361 e. The summed E-state index contributed by atoms with van der Waals surface area (Å²) in [6.45, 7) is 0. The summed E-state index contributed by atoms with van der Waals surface area (Å²) in [5.74, 6) is -0.134. The molecule has 108 valence electrons. The summed E-state index contributed by atoms with van der Waals surface area (Å²) in [5.41, 5.74) is 4.26. The van der Waals surface area contributed by atoms with Gasteiger partial charge in [0.2, 0.25) is 0 Å². The van der Waals surface area contributed by atoms with Crippen LogP contribution in [0.1, 0.15) is 5.56 Å². The molecule has 0 saturated carbocycles. The second kappa shape index (κ2) is 4.63. The van der Waals surface area contributed by atoms with Crippen LogP contribution >= 0.6 is 0 Å². The molecule has 1 aliphatic heterocycles. The van der Waals surface area contributed by atoms with Gasteiger partial charge in [0, 0.05) is 23.1 Å². The highest BCUT2D eigenvalue weighted by Gasteiger charge is 2.23. The van der Waals surface area contributed by atoms with Gasteiger partial charge in [-0.2, -0.15) is 0 Å². The molecule has 0 saturated heterocycles. The van der Waals surface area contributed by atoms with Crippen molar-refractivity contribution in [3.8, 4) is 0 Å². The summed E-state index contributed by atoms with van der Waals surface area (Å²) in [6, 6.07) is 13.0. The number of hydrogen-bond acceptors (Lipinski definition) is 3. The smallest absolute Gasteiger partial charge is 0.323 e. The van der Waals surface area contributed by atoms with E-state index in [9.17, 15) is 9.59 Å². The molecule has 0 atom stereocenters. The summed E-state index contributed by atoms with van der Waals surface area (Å²) in [4.78, 5) is 28.6. The van der Waals surface area contributed by atoms with E-state index in [1.807, 2.05) is 36.4 Å². The van der Waals surface area contributed by atoms with Crippen molar-refractivity contribution in [3.05, 3.63) is 64.7 Å². The third-order valence-corrected chi connectivity index (χ3v) is 3.61. The van der Waals surface area contributed by atoms with Gasteiger partial charge in [-0.1, -0.05) is 18.2 Å². The van der Waals surface area contributed by atoms with Crippen LogP contribution in [0, 0.1) is 0 Å². The average molecular weight is 292 g/mol. The van der Waals surface area contributed by atoms with E-state index >= 15 is 0 Å². The van der Waals surface area contributed by atoms with Crippen LogP contribution in [0.5, 0.6) is 0 Å². The highest BCUT2D eigenvalue weighted by atomic mass is 16.2. The lowest BCUT2D eigenvalue weighted by Gasteiger charge is -2.02. The summed E-state index contributed by atoms with van der Waals surface area (Å²) >= 11 is 0. The number of carbonyl (C=O) groups excluding carboxylic acids is 1. The molecule has 1 amide bonds. The predicted molar refractivity (Wildman–Crippen MR) is 85.6 cm³/mol. The molecule has 1 aromatic heterocycles. The first-order valence-corrected chi connectivity index (χ1v) is 6.80. The third-order valence-electron chi connectivity index (χ3n) is 3.61. The molecule has 0 aliphatic carbocycles. The monoisotopic (exact) mass is 292 g/mol. The second-order valence-corrected chi connectivity index (χ2v) is 5.04. The molecule has 2 heterocycles. The highest BCUT2D eigenvalue weighted by Crippen LogP contribution is 2.31. The van der Waals surface area contributed by atoms with Crippen LogP contribution in [0.25, 0.3) is 16.6 Å². The normalized spacial score (nSPS) is 15.1. The van der Waals surface area contributed by atoms with Crippen molar-refractivity contribution in [3.63, 3.8) is 0 Å². The molecule has 0 fully saturated rings. The van der Waals surface area contributed by atoms with Crippen molar-refractivity contribution >= 4 is 33.9 Å². The molecule has 6 nitrogen and oxygen atoms in total. The van der Waals surface area contributed by atoms with Crippen molar-refractivity contribution in [2.24, 2.45) is 0 Å². The van der Waals surface area contributed by atoms with Gasteiger partial charge in [0.05, 0.1) is 16.6 Å². The number of anilines is 2. The Balaban J connectivity index is 1.68. The summed E-state index contributed by atoms with van der Waals surface area (Å²) in [7, 11) is 0. The van der Waals surface area contributed by atoms with Crippen LogP contribution in [-0.2, 0) is 4.79 Å². The van der Waals surface area contributed by atoms with E-state index < -0.39 is 0 Å². The standard InChI is InChI=1S/C16H12N4O2/c21-15-11(10-3-1-2-4-12(10)18-15)8-17-9-5-6-13-14(7-9)20-16(22)19-13/h1-8,17H,(H,18,21)(H2,19,20,22)/b11-8-. The fourth-order valence-electron chi connectivity index (χ4n) is 2.56. The number of benzene rings is 2. The minimum atomic E-state index is -0.241. The second-order valence-electron chi connectivity index (χ2n) is 5.04. The fourth-order valence-corrected chi connectivity index (χ4v) is 2.56. The number of amides is 1. The molecule has 4 rings (SSSR count). The van der Waals surface area contributed by atoms with Crippen LogP contribution in [-0.4, -0.2) is 15.9 Å². The maximum absolute atomic E-state index is 12.0. The van der Waals surface area contributed by atoms with Gasteiger partial charge in [-0.05, 0) is 24.3 Å². The Labute approximate surface area is 124 Å². The van der Waals surface area contributed by atoms with Gasteiger partial charge in [-0.3, -0.25) is 4.79 Å². The number of imidazole rings is 1. The Bertz CT molecular complexity index is 981. The minimum absolute atomic E-state index is 0.134. The Hall–Kier alpha value is -3.28. The molecule has 0 bridgehead atoms. The lowest BCUT2D eigenvalue weighted by Crippen LogP contribution is -2.05. The zero-order chi connectivity index (χ0) is 15.1. The van der Waals surface area contributed by atoms with E-state index in [1.165, 1.54) is 0 Å². The number of carbonyl (C=O) groups is 1. The third kappa shape index (κ3) is 1.98. The number of nitrogens with one attached hydrogen (secondary N) is 4. The molecule has 0 unspecified atom stereocenters. The molecule has 0 radical (unpaired) electrons. The molecule has 4 N–H and O–H groups in total. The van der Waals surface area contributed by atoms with E-state index in [2.05, 4.69) is 20.6 Å². The van der Waals surface area contributed by atoms with Crippen molar-refractivity contribution < 1.29 is 4.79 Å². The van der Waals surface area contributed by atoms with Gasteiger partial charge in [0.15, 0.2) is 0 Å². The predicted octanol–water partition coefficient (Wildman–Crippen LogP) is 2.26. The Kier molecular flexibility index (Phi) is 2.62. The zero-order valence-electron chi connectivity index (χ0n) is 11.4. The lowest BCUT2D eigenvalue weighted by atomic mass is 10.1. The SMILES string of the molecule is O=C1Nc2ccccc2/C1=C/Nc1ccc2[nH]c(=O)[nH]c2c1. The van der Waals surface area contributed by atoms with E-state index in [-0.39, 0.29) is 11.6 Å². The Morgan fingerprint density at radius 1 is 0.955 bits per heavy atom. The van der Waals surface area contributed by atoms with Gasteiger partial charge in [-0.15, -0.1) is 0 Å². The van der Waals surface area contributed by atoms with Crippen LogP contribution in [0.2, 0.25) is 0 Å². The molecule has 2 aromatic carbocycles. The zero-order valence-corrected chi connectivity index (χ0v) is 11.4. The van der Waals surface area contributed by atoms with Gasteiger partial charge in [0.1, 0.15) is 0 Å². The molecule has 3 aromatic rings. The first kappa shape index (κ1) is 12.5. The van der Waals surface area contributed by atoms with Crippen LogP contribution in [0.4, 0.5) is 11.4 Å². The number of fused-ring (bicyclic) bond motifs is 2. The topological polar surface area (TPSA) is 89.8 Å². The van der Waals surface area contributed by atoms with Gasteiger partial charge in [0.25, 0.3) is 5.91 Å². The van der Waals surface area contributed by atoms with E-state index in [1.54, 1.807) is 12.3 Å². The van der Waals surface area contributed by atoms with E-state index in [4.69, 9.17) is 0 Å². The lowest BCUT2D eigenvalue weighted by molar-refractivity contribution is -0.110. The maximum atomic E-state index is 12.0. The van der Waals surface area contributed by atoms with Crippen molar-refractivity contribution in [2.75, 3.05) is 10.6 Å². The molecular formula is C16H12N4O2. The molecule has 0 spiro atoms.